The molecule has 2 aromatic carbocycles. The number of carbonyl (C=O) groups excluding carboxylic acids is 2. The molecule has 38 heavy (non-hydrogen) atoms. The summed E-state index contributed by atoms with van der Waals surface area (Å²) in [6.07, 6.45) is -2.52. The number of hydrogen-bond donors (Lipinski definition) is 1. The maximum Gasteiger partial charge on any atom is 0.417 e. The van der Waals surface area contributed by atoms with Gasteiger partial charge < -0.3 is 10.2 Å². The van der Waals surface area contributed by atoms with Crippen LogP contribution in [-0.2, 0) is 12.7 Å². The second kappa shape index (κ2) is 11.2. The average molecular weight is 543 g/mol. The molecule has 1 unspecified atom stereocenters. The Labute approximate surface area is 223 Å². The van der Waals surface area contributed by atoms with Crippen molar-refractivity contribution < 1.29 is 22.8 Å². The molecule has 2 saturated heterocycles. The van der Waals surface area contributed by atoms with Gasteiger partial charge in [-0.15, -0.1) is 11.3 Å². The Morgan fingerprint density at radius 2 is 1.68 bits per heavy atom. The largest absolute Gasteiger partial charge is 0.417 e. The van der Waals surface area contributed by atoms with E-state index in [2.05, 4.69) is 27.3 Å². The Kier molecular flexibility index (Phi) is 7.80. The van der Waals surface area contributed by atoms with E-state index in [0.717, 1.165) is 37.1 Å². The third-order valence-electron chi connectivity index (χ3n) is 7.21. The first-order valence-electron chi connectivity index (χ1n) is 12.8. The molecular weight excluding hydrogens is 513 g/mol. The fourth-order valence-electron chi connectivity index (χ4n) is 5.19. The predicted octanol–water partition coefficient (Wildman–Crippen LogP) is 5.19. The number of benzene rings is 2. The van der Waals surface area contributed by atoms with Gasteiger partial charge in [0.1, 0.15) is 5.69 Å². The quantitative estimate of drug-likeness (QED) is 0.466. The van der Waals surface area contributed by atoms with Crippen molar-refractivity contribution in [3.63, 3.8) is 0 Å². The van der Waals surface area contributed by atoms with E-state index in [1.807, 2.05) is 18.2 Å². The second-order valence-electron chi connectivity index (χ2n) is 9.86. The fraction of sp³-hybridized carbons (Fsp3) is 0.393. The van der Waals surface area contributed by atoms with E-state index in [0.29, 0.717) is 31.6 Å². The van der Waals surface area contributed by atoms with Crippen LogP contribution in [0.1, 0.15) is 62.2 Å². The minimum atomic E-state index is -4.58. The molecular formula is C28H29F3N4O2S. The van der Waals surface area contributed by atoms with Gasteiger partial charge in [-0.1, -0.05) is 42.5 Å². The summed E-state index contributed by atoms with van der Waals surface area (Å²) in [5.74, 6) is -0.722. The minimum Gasteiger partial charge on any atom is -0.347 e. The van der Waals surface area contributed by atoms with Crippen LogP contribution in [0.3, 0.4) is 0 Å². The summed E-state index contributed by atoms with van der Waals surface area (Å²) in [5.41, 5.74) is 0.416. The monoisotopic (exact) mass is 542 g/mol. The third kappa shape index (κ3) is 6.07. The van der Waals surface area contributed by atoms with Crippen molar-refractivity contribution in [3.8, 4) is 0 Å². The van der Waals surface area contributed by atoms with Gasteiger partial charge in [-0.3, -0.25) is 14.5 Å². The van der Waals surface area contributed by atoms with Gasteiger partial charge in [-0.25, -0.2) is 4.98 Å². The van der Waals surface area contributed by atoms with Gasteiger partial charge in [0, 0.05) is 50.1 Å². The van der Waals surface area contributed by atoms with Crippen LogP contribution in [0, 0.1) is 0 Å². The van der Waals surface area contributed by atoms with Crippen LogP contribution < -0.4 is 5.32 Å². The molecule has 6 nitrogen and oxygen atoms in total. The Balaban J connectivity index is 1.13. The van der Waals surface area contributed by atoms with Crippen molar-refractivity contribution in [2.45, 2.75) is 43.9 Å². The summed E-state index contributed by atoms with van der Waals surface area (Å²) in [6.45, 7) is 3.26. The number of halogens is 3. The molecule has 0 aliphatic carbocycles. The molecule has 1 aromatic heterocycles. The number of nitrogens with one attached hydrogen (secondary N) is 1. The lowest BCUT2D eigenvalue weighted by molar-refractivity contribution is -0.138. The highest BCUT2D eigenvalue weighted by Gasteiger charge is 2.37. The van der Waals surface area contributed by atoms with Crippen LogP contribution >= 0.6 is 11.3 Å². The molecule has 0 radical (unpaired) electrons. The van der Waals surface area contributed by atoms with Crippen molar-refractivity contribution in [2.24, 2.45) is 0 Å². The molecule has 200 valence electrons. The molecule has 0 bridgehead atoms. The number of alkyl halides is 3. The van der Waals surface area contributed by atoms with Crippen molar-refractivity contribution in [3.05, 3.63) is 87.4 Å². The molecule has 2 aliphatic heterocycles. The van der Waals surface area contributed by atoms with E-state index in [-0.39, 0.29) is 23.4 Å². The normalized spacial score (nSPS) is 19.0. The number of piperidine rings is 1. The van der Waals surface area contributed by atoms with Crippen LogP contribution in [0.2, 0.25) is 0 Å². The zero-order valence-corrected chi connectivity index (χ0v) is 21.6. The van der Waals surface area contributed by atoms with Crippen LogP contribution in [0.5, 0.6) is 0 Å². The van der Waals surface area contributed by atoms with E-state index in [9.17, 15) is 22.8 Å². The Hall–Kier alpha value is -3.24. The zero-order chi connectivity index (χ0) is 26.7. The van der Waals surface area contributed by atoms with Gasteiger partial charge >= 0.3 is 6.18 Å². The number of amides is 2. The van der Waals surface area contributed by atoms with E-state index in [1.54, 1.807) is 5.38 Å². The van der Waals surface area contributed by atoms with Crippen molar-refractivity contribution in [1.82, 2.24) is 20.1 Å². The van der Waals surface area contributed by atoms with Gasteiger partial charge in [0.2, 0.25) is 0 Å². The molecule has 5 rings (SSSR count). The minimum absolute atomic E-state index is 0.0660. The van der Waals surface area contributed by atoms with E-state index in [1.165, 1.54) is 40.0 Å². The first-order valence-corrected chi connectivity index (χ1v) is 13.6. The molecule has 2 amide bonds. The molecule has 2 aliphatic rings. The molecule has 10 heteroatoms. The molecule has 0 saturated carbocycles. The lowest BCUT2D eigenvalue weighted by atomic mass is 9.96. The van der Waals surface area contributed by atoms with Crippen LogP contribution in [0.15, 0.2) is 60.0 Å². The lowest BCUT2D eigenvalue weighted by Gasteiger charge is -2.31. The topological polar surface area (TPSA) is 65.5 Å². The molecule has 1 N–H and O–H groups in total. The van der Waals surface area contributed by atoms with Crippen LogP contribution in [0.25, 0.3) is 0 Å². The van der Waals surface area contributed by atoms with E-state index < -0.39 is 17.6 Å². The van der Waals surface area contributed by atoms with Crippen molar-refractivity contribution in [2.75, 3.05) is 26.2 Å². The number of carbonyl (C=O) groups is 2. The van der Waals surface area contributed by atoms with Gasteiger partial charge in [0.05, 0.1) is 16.1 Å². The Morgan fingerprint density at radius 3 is 2.42 bits per heavy atom. The zero-order valence-electron chi connectivity index (χ0n) is 20.8. The van der Waals surface area contributed by atoms with Crippen LogP contribution in [0.4, 0.5) is 13.2 Å². The average Bonchev–Trinajstić information content (AvgIpc) is 3.59. The first kappa shape index (κ1) is 26.4. The first-order chi connectivity index (χ1) is 18.3. The van der Waals surface area contributed by atoms with Gasteiger partial charge in [-0.05, 0) is 37.0 Å². The summed E-state index contributed by atoms with van der Waals surface area (Å²) >= 11 is 1.42. The Morgan fingerprint density at radius 1 is 0.974 bits per heavy atom. The number of aromatic nitrogens is 1. The number of hydrogen-bond acceptors (Lipinski definition) is 5. The highest BCUT2D eigenvalue weighted by atomic mass is 32.1. The highest BCUT2D eigenvalue weighted by Crippen LogP contribution is 2.34. The predicted molar refractivity (Wildman–Crippen MR) is 139 cm³/mol. The highest BCUT2D eigenvalue weighted by molar-refractivity contribution is 7.09. The maximum absolute atomic E-state index is 13.4. The van der Waals surface area contributed by atoms with Crippen LogP contribution in [-0.4, -0.2) is 58.8 Å². The van der Waals surface area contributed by atoms with Crippen molar-refractivity contribution >= 4 is 23.2 Å². The van der Waals surface area contributed by atoms with Gasteiger partial charge in [0.15, 0.2) is 0 Å². The fourth-order valence-corrected chi connectivity index (χ4v) is 6.16. The number of nitrogens with zero attached hydrogens (tertiary/aromatic N) is 3. The standard InChI is InChI=1S/C28H29F3N4O2S/c29-28(30,31)23-9-5-4-8-22(23)27(37)35-14-10-20(11-15-35)26-33-24(18-38-26)25(36)32-21-12-13-34(17-21)16-19-6-2-1-3-7-19/h1-9,18,20-21H,10-17H2,(H,32,36). The molecule has 3 aromatic rings. The summed E-state index contributed by atoms with van der Waals surface area (Å²) in [4.78, 5) is 34.1. The molecule has 2 fully saturated rings. The third-order valence-corrected chi connectivity index (χ3v) is 8.21. The number of likely N-dealkylation sites (tertiary alicyclic amines) is 2. The van der Waals surface area contributed by atoms with E-state index >= 15 is 0 Å². The van der Waals surface area contributed by atoms with E-state index in [4.69, 9.17) is 0 Å². The smallest absolute Gasteiger partial charge is 0.347 e. The molecule has 0 spiro atoms. The summed E-state index contributed by atoms with van der Waals surface area (Å²) in [6, 6.07) is 15.2. The second-order valence-corrected chi connectivity index (χ2v) is 10.8. The van der Waals surface area contributed by atoms with Crippen molar-refractivity contribution in [1.29, 1.82) is 0 Å². The number of rotatable bonds is 6. The van der Waals surface area contributed by atoms with Gasteiger partial charge in [0.25, 0.3) is 11.8 Å². The molecule has 1 atom stereocenters. The number of thiazole rings is 1. The van der Waals surface area contributed by atoms with Gasteiger partial charge in [-0.2, -0.15) is 13.2 Å². The summed E-state index contributed by atoms with van der Waals surface area (Å²) < 4.78 is 40.1. The SMILES string of the molecule is O=C(NC1CCN(Cc2ccccc2)C1)c1csc(C2CCN(C(=O)c3ccccc3C(F)(F)F)CC2)n1. The summed E-state index contributed by atoms with van der Waals surface area (Å²) in [7, 11) is 0. The summed E-state index contributed by atoms with van der Waals surface area (Å²) in [5, 5.41) is 5.69. The maximum atomic E-state index is 13.4. The Bertz CT molecular complexity index is 1270. The molecule has 3 heterocycles. The lowest BCUT2D eigenvalue weighted by Crippen LogP contribution is -2.39.